The standard InChI is InChI=1S/C11H16N6/c1-8-7-17-10(6-13-15-17)11(14-8)16-4-2-9(12)3-5-16/h6-7,9H,2-5,12H2,1H3. The molecular formula is C11H16N6. The van der Waals surface area contributed by atoms with Crippen LogP contribution in [0, 0.1) is 6.92 Å². The summed E-state index contributed by atoms with van der Waals surface area (Å²) < 4.78 is 1.78. The summed E-state index contributed by atoms with van der Waals surface area (Å²) in [5.74, 6) is 0.974. The zero-order valence-electron chi connectivity index (χ0n) is 9.87. The Morgan fingerprint density at radius 1 is 1.35 bits per heavy atom. The second kappa shape index (κ2) is 3.96. The first-order chi connectivity index (χ1) is 8.24. The van der Waals surface area contributed by atoms with E-state index in [0.29, 0.717) is 6.04 Å². The number of hydrogen-bond acceptors (Lipinski definition) is 5. The van der Waals surface area contributed by atoms with Crippen LogP contribution < -0.4 is 10.6 Å². The van der Waals surface area contributed by atoms with E-state index in [-0.39, 0.29) is 0 Å². The summed E-state index contributed by atoms with van der Waals surface area (Å²) in [6.07, 6.45) is 5.69. The minimum atomic E-state index is 0.329. The highest BCUT2D eigenvalue weighted by Gasteiger charge is 2.20. The molecule has 2 aromatic heterocycles. The molecule has 0 bridgehead atoms. The lowest BCUT2D eigenvalue weighted by atomic mass is 10.1. The van der Waals surface area contributed by atoms with E-state index in [1.54, 1.807) is 10.7 Å². The van der Waals surface area contributed by atoms with Crippen molar-refractivity contribution in [2.45, 2.75) is 25.8 Å². The maximum atomic E-state index is 5.92. The van der Waals surface area contributed by atoms with Crippen LogP contribution >= 0.6 is 0 Å². The number of aromatic nitrogens is 4. The molecule has 1 fully saturated rings. The molecule has 0 spiro atoms. The molecular weight excluding hydrogens is 216 g/mol. The Hall–Kier alpha value is -1.69. The third kappa shape index (κ3) is 1.84. The lowest BCUT2D eigenvalue weighted by molar-refractivity contribution is 0.499. The van der Waals surface area contributed by atoms with Crippen LogP contribution in [0.2, 0.25) is 0 Å². The number of piperidine rings is 1. The number of rotatable bonds is 1. The molecule has 2 aromatic rings. The van der Waals surface area contributed by atoms with E-state index in [1.807, 2.05) is 13.1 Å². The van der Waals surface area contributed by atoms with Gasteiger partial charge < -0.3 is 10.6 Å². The zero-order chi connectivity index (χ0) is 11.8. The molecule has 0 saturated carbocycles. The Balaban J connectivity index is 2.01. The van der Waals surface area contributed by atoms with Crippen molar-refractivity contribution in [3.05, 3.63) is 18.1 Å². The molecule has 1 saturated heterocycles. The number of nitrogens with zero attached hydrogens (tertiary/aromatic N) is 5. The molecule has 6 nitrogen and oxygen atoms in total. The lowest BCUT2D eigenvalue weighted by Gasteiger charge is -2.31. The fourth-order valence-corrected chi connectivity index (χ4v) is 2.27. The van der Waals surface area contributed by atoms with Gasteiger partial charge in [0.2, 0.25) is 0 Å². The molecule has 90 valence electrons. The van der Waals surface area contributed by atoms with Gasteiger partial charge in [0.15, 0.2) is 5.82 Å². The minimum Gasteiger partial charge on any atom is -0.355 e. The highest BCUT2D eigenvalue weighted by atomic mass is 15.4. The number of nitrogens with two attached hydrogens (primary N) is 1. The first-order valence-electron chi connectivity index (χ1n) is 5.92. The van der Waals surface area contributed by atoms with Crippen LogP contribution in [0.3, 0.4) is 0 Å². The summed E-state index contributed by atoms with van der Waals surface area (Å²) in [4.78, 5) is 6.88. The lowest BCUT2D eigenvalue weighted by Crippen LogP contribution is -2.40. The van der Waals surface area contributed by atoms with Crippen molar-refractivity contribution in [2.24, 2.45) is 5.73 Å². The maximum absolute atomic E-state index is 5.92. The van der Waals surface area contributed by atoms with E-state index in [9.17, 15) is 0 Å². The van der Waals surface area contributed by atoms with Gasteiger partial charge in [-0.2, -0.15) is 0 Å². The Morgan fingerprint density at radius 3 is 2.88 bits per heavy atom. The van der Waals surface area contributed by atoms with E-state index >= 15 is 0 Å². The molecule has 0 atom stereocenters. The Bertz CT molecular complexity index is 526. The largest absolute Gasteiger partial charge is 0.355 e. The van der Waals surface area contributed by atoms with Gasteiger partial charge >= 0.3 is 0 Å². The maximum Gasteiger partial charge on any atom is 0.156 e. The van der Waals surface area contributed by atoms with Crippen molar-refractivity contribution < 1.29 is 0 Å². The monoisotopic (exact) mass is 232 g/mol. The van der Waals surface area contributed by atoms with Crippen molar-refractivity contribution in [3.8, 4) is 0 Å². The third-order valence-corrected chi connectivity index (χ3v) is 3.23. The summed E-state index contributed by atoms with van der Waals surface area (Å²) >= 11 is 0. The van der Waals surface area contributed by atoms with Gasteiger partial charge in [0.05, 0.1) is 18.1 Å². The molecule has 6 heteroatoms. The average molecular weight is 232 g/mol. The van der Waals surface area contributed by atoms with Crippen LogP contribution in [0.1, 0.15) is 18.5 Å². The highest BCUT2D eigenvalue weighted by Crippen LogP contribution is 2.22. The van der Waals surface area contributed by atoms with E-state index in [1.165, 1.54) is 0 Å². The topological polar surface area (TPSA) is 72.3 Å². The Morgan fingerprint density at radius 2 is 2.12 bits per heavy atom. The van der Waals surface area contributed by atoms with E-state index in [2.05, 4.69) is 20.2 Å². The van der Waals surface area contributed by atoms with Crippen molar-refractivity contribution in [2.75, 3.05) is 18.0 Å². The minimum absolute atomic E-state index is 0.329. The van der Waals surface area contributed by atoms with Gasteiger partial charge in [0.1, 0.15) is 5.52 Å². The van der Waals surface area contributed by atoms with Crippen LogP contribution in [-0.4, -0.2) is 38.9 Å². The summed E-state index contributed by atoms with van der Waals surface area (Å²) in [6.45, 7) is 3.89. The zero-order valence-corrected chi connectivity index (χ0v) is 9.87. The van der Waals surface area contributed by atoms with Crippen molar-refractivity contribution in [3.63, 3.8) is 0 Å². The number of hydrogen-bond donors (Lipinski definition) is 1. The van der Waals surface area contributed by atoms with Gasteiger partial charge in [-0.05, 0) is 19.8 Å². The quantitative estimate of drug-likeness (QED) is 0.768. The molecule has 2 N–H and O–H groups in total. The second-order valence-corrected chi connectivity index (χ2v) is 4.59. The summed E-state index contributed by atoms with van der Waals surface area (Å²) in [5, 5.41) is 7.96. The van der Waals surface area contributed by atoms with Gasteiger partial charge in [-0.3, -0.25) is 0 Å². The molecule has 0 radical (unpaired) electrons. The summed E-state index contributed by atoms with van der Waals surface area (Å²) in [6, 6.07) is 0.329. The van der Waals surface area contributed by atoms with E-state index < -0.39 is 0 Å². The Labute approximate surface area is 99.4 Å². The van der Waals surface area contributed by atoms with Gasteiger partial charge in [0.25, 0.3) is 0 Å². The molecule has 0 aliphatic carbocycles. The second-order valence-electron chi connectivity index (χ2n) is 4.59. The number of anilines is 1. The van der Waals surface area contributed by atoms with Gasteiger partial charge in [-0.25, -0.2) is 9.50 Å². The fourth-order valence-electron chi connectivity index (χ4n) is 2.27. The fraction of sp³-hybridized carbons (Fsp3) is 0.545. The first kappa shape index (κ1) is 10.5. The molecule has 3 heterocycles. The van der Waals surface area contributed by atoms with Crippen molar-refractivity contribution >= 4 is 11.3 Å². The molecule has 17 heavy (non-hydrogen) atoms. The SMILES string of the molecule is Cc1cn2nncc2c(N2CCC(N)CC2)n1. The van der Waals surface area contributed by atoms with E-state index in [0.717, 1.165) is 43.0 Å². The van der Waals surface area contributed by atoms with Crippen LogP contribution in [0.15, 0.2) is 12.4 Å². The normalized spacial score (nSPS) is 17.9. The predicted octanol–water partition coefficient (Wildman–Crippen LogP) is 0.360. The Kier molecular flexibility index (Phi) is 2.44. The third-order valence-electron chi connectivity index (χ3n) is 3.23. The predicted molar refractivity (Wildman–Crippen MR) is 64.9 cm³/mol. The van der Waals surface area contributed by atoms with Crippen molar-refractivity contribution in [1.29, 1.82) is 0 Å². The highest BCUT2D eigenvalue weighted by molar-refractivity contribution is 5.67. The molecule has 0 unspecified atom stereocenters. The average Bonchev–Trinajstić information content (AvgIpc) is 2.77. The van der Waals surface area contributed by atoms with Crippen LogP contribution in [0.25, 0.3) is 5.52 Å². The number of aryl methyl sites for hydroxylation is 1. The smallest absolute Gasteiger partial charge is 0.156 e. The molecule has 1 aliphatic rings. The van der Waals surface area contributed by atoms with Gasteiger partial charge in [-0.15, -0.1) is 5.10 Å². The molecule has 3 rings (SSSR count). The van der Waals surface area contributed by atoms with Gasteiger partial charge in [-0.1, -0.05) is 5.21 Å². The number of fused-ring (bicyclic) bond motifs is 1. The van der Waals surface area contributed by atoms with Crippen molar-refractivity contribution in [1.82, 2.24) is 19.8 Å². The van der Waals surface area contributed by atoms with Gasteiger partial charge in [0, 0.05) is 19.1 Å². The summed E-state index contributed by atoms with van der Waals surface area (Å²) in [7, 11) is 0. The van der Waals surface area contributed by atoms with Crippen LogP contribution in [0.5, 0.6) is 0 Å². The molecule has 0 aromatic carbocycles. The summed E-state index contributed by atoms with van der Waals surface area (Å²) in [5.41, 5.74) is 7.84. The first-order valence-corrected chi connectivity index (χ1v) is 5.92. The molecule has 1 aliphatic heterocycles. The van der Waals surface area contributed by atoms with Crippen LogP contribution in [0.4, 0.5) is 5.82 Å². The molecule has 0 amide bonds. The van der Waals surface area contributed by atoms with E-state index in [4.69, 9.17) is 5.73 Å². The van der Waals surface area contributed by atoms with Crippen LogP contribution in [-0.2, 0) is 0 Å².